The summed E-state index contributed by atoms with van der Waals surface area (Å²) in [6.07, 6.45) is -0.235. The molecule has 0 saturated heterocycles. The first-order chi connectivity index (χ1) is 5.18. The number of nitrogens with zero attached hydrogens (tertiary/aromatic N) is 1. The highest BCUT2D eigenvalue weighted by atomic mass is 19.3. The van der Waals surface area contributed by atoms with Crippen molar-refractivity contribution >= 4 is 0 Å². The Morgan fingerprint density at radius 3 is 2.73 bits per heavy atom. The van der Waals surface area contributed by atoms with Crippen molar-refractivity contribution in [2.24, 2.45) is 0 Å². The van der Waals surface area contributed by atoms with E-state index in [-0.39, 0.29) is 12.2 Å². The number of pyridine rings is 1. The molecule has 1 N–H and O–H groups in total. The normalized spacial score (nSPS) is 10.5. The van der Waals surface area contributed by atoms with E-state index in [9.17, 15) is 8.78 Å². The highest BCUT2D eigenvalue weighted by Crippen LogP contribution is 2.11. The van der Waals surface area contributed by atoms with Crippen LogP contribution in [0.15, 0.2) is 18.5 Å². The van der Waals surface area contributed by atoms with E-state index in [4.69, 9.17) is 5.11 Å². The van der Waals surface area contributed by atoms with Crippen LogP contribution in [0.3, 0.4) is 0 Å². The quantitative estimate of drug-likeness (QED) is 0.710. The molecule has 11 heavy (non-hydrogen) atoms. The molecule has 0 bridgehead atoms. The SMILES string of the molecule is Oc1cncc(CC(F)F)c1. The zero-order valence-corrected chi connectivity index (χ0v) is 5.67. The van der Waals surface area contributed by atoms with Gasteiger partial charge in [0.15, 0.2) is 0 Å². The lowest BCUT2D eigenvalue weighted by molar-refractivity contribution is 0.149. The monoisotopic (exact) mass is 159 g/mol. The van der Waals surface area contributed by atoms with Crippen LogP contribution < -0.4 is 0 Å². The maximum Gasteiger partial charge on any atom is 0.242 e. The van der Waals surface area contributed by atoms with E-state index in [1.807, 2.05) is 0 Å². The molecule has 1 heterocycles. The van der Waals surface area contributed by atoms with Crippen molar-refractivity contribution < 1.29 is 13.9 Å². The number of aromatic hydroxyl groups is 1. The van der Waals surface area contributed by atoms with Gasteiger partial charge in [0.2, 0.25) is 6.43 Å². The van der Waals surface area contributed by atoms with Crippen LogP contribution in [0, 0.1) is 0 Å². The molecule has 0 unspecified atom stereocenters. The number of alkyl halides is 2. The molecule has 0 aliphatic heterocycles. The zero-order valence-electron chi connectivity index (χ0n) is 5.67. The summed E-state index contributed by atoms with van der Waals surface area (Å²) < 4.78 is 23.5. The summed E-state index contributed by atoms with van der Waals surface area (Å²) in [5.74, 6) is -0.0804. The van der Waals surface area contributed by atoms with Crippen LogP contribution in [0.5, 0.6) is 5.75 Å². The van der Waals surface area contributed by atoms with Crippen molar-refractivity contribution in [2.45, 2.75) is 12.8 Å². The van der Waals surface area contributed by atoms with E-state index in [1.54, 1.807) is 0 Å². The first kappa shape index (κ1) is 7.91. The molecule has 2 nitrogen and oxygen atoms in total. The van der Waals surface area contributed by atoms with Gasteiger partial charge in [0.05, 0.1) is 6.20 Å². The predicted octanol–water partition coefficient (Wildman–Crippen LogP) is 1.59. The lowest BCUT2D eigenvalue weighted by atomic mass is 10.2. The third-order valence-electron chi connectivity index (χ3n) is 1.17. The van der Waals surface area contributed by atoms with Gasteiger partial charge in [-0.15, -0.1) is 0 Å². The summed E-state index contributed by atoms with van der Waals surface area (Å²) in [6, 6.07) is 1.28. The summed E-state index contributed by atoms with van der Waals surface area (Å²) in [6.45, 7) is 0. The molecule has 0 saturated carbocycles. The first-order valence-electron chi connectivity index (χ1n) is 3.09. The average molecular weight is 159 g/mol. The Labute approximate surface area is 62.5 Å². The van der Waals surface area contributed by atoms with Gasteiger partial charge in [-0.05, 0) is 11.6 Å². The van der Waals surface area contributed by atoms with Crippen molar-refractivity contribution in [1.82, 2.24) is 4.98 Å². The van der Waals surface area contributed by atoms with Crippen molar-refractivity contribution in [1.29, 1.82) is 0 Å². The molecule has 1 aromatic rings. The minimum Gasteiger partial charge on any atom is -0.506 e. The fraction of sp³-hybridized carbons (Fsp3) is 0.286. The smallest absolute Gasteiger partial charge is 0.242 e. The van der Waals surface area contributed by atoms with E-state index in [0.29, 0.717) is 5.56 Å². The summed E-state index contributed by atoms with van der Waals surface area (Å²) in [4.78, 5) is 3.55. The molecular weight excluding hydrogens is 152 g/mol. The van der Waals surface area contributed by atoms with E-state index in [1.165, 1.54) is 18.5 Å². The van der Waals surface area contributed by atoms with Crippen LogP contribution >= 0.6 is 0 Å². The third kappa shape index (κ3) is 2.49. The van der Waals surface area contributed by atoms with Crippen molar-refractivity contribution in [3.63, 3.8) is 0 Å². The molecule has 0 spiro atoms. The topological polar surface area (TPSA) is 33.1 Å². The summed E-state index contributed by atoms with van der Waals surface area (Å²) in [7, 11) is 0. The van der Waals surface area contributed by atoms with Gasteiger partial charge in [-0.25, -0.2) is 8.78 Å². The average Bonchev–Trinajstić information content (AvgIpc) is 1.85. The van der Waals surface area contributed by atoms with Crippen LogP contribution in [0.1, 0.15) is 5.56 Å². The van der Waals surface area contributed by atoms with Gasteiger partial charge < -0.3 is 5.11 Å². The number of halogens is 2. The second kappa shape index (κ2) is 3.27. The maximum atomic E-state index is 11.7. The largest absolute Gasteiger partial charge is 0.506 e. The zero-order chi connectivity index (χ0) is 8.27. The number of hydrogen-bond donors (Lipinski definition) is 1. The summed E-state index contributed by atoms with van der Waals surface area (Å²) in [5, 5.41) is 8.82. The van der Waals surface area contributed by atoms with Gasteiger partial charge >= 0.3 is 0 Å². The Bertz CT molecular complexity index is 240. The Morgan fingerprint density at radius 1 is 1.45 bits per heavy atom. The Balaban J connectivity index is 2.71. The van der Waals surface area contributed by atoms with Crippen molar-refractivity contribution in [3.05, 3.63) is 24.0 Å². The Morgan fingerprint density at radius 2 is 2.18 bits per heavy atom. The third-order valence-corrected chi connectivity index (χ3v) is 1.17. The molecule has 0 amide bonds. The highest BCUT2D eigenvalue weighted by Gasteiger charge is 2.04. The highest BCUT2D eigenvalue weighted by molar-refractivity contribution is 5.22. The minimum absolute atomic E-state index is 0.0804. The van der Waals surface area contributed by atoms with E-state index in [0.717, 1.165) is 0 Å². The molecular formula is C7H7F2NO. The van der Waals surface area contributed by atoms with E-state index >= 15 is 0 Å². The van der Waals surface area contributed by atoms with Crippen LogP contribution in [0.4, 0.5) is 8.78 Å². The molecule has 1 aromatic heterocycles. The van der Waals surface area contributed by atoms with Gasteiger partial charge in [-0.2, -0.15) is 0 Å². The van der Waals surface area contributed by atoms with Gasteiger partial charge in [0.1, 0.15) is 5.75 Å². The number of aromatic nitrogens is 1. The first-order valence-corrected chi connectivity index (χ1v) is 3.09. The molecule has 0 atom stereocenters. The fourth-order valence-electron chi connectivity index (χ4n) is 0.764. The molecule has 0 aromatic carbocycles. The lowest BCUT2D eigenvalue weighted by Crippen LogP contribution is -1.96. The van der Waals surface area contributed by atoms with Crippen LogP contribution in [-0.4, -0.2) is 16.5 Å². The Hall–Kier alpha value is -1.19. The van der Waals surface area contributed by atoms with E-state index in [2.05, 4.69) is 4.98 Å². The second-order valence-electron chi connectivity index (χ2n) is 2.15. The van der Waals surface area contributed by atoms with Gasteiger partial charge in [0, 0.05) is 12.6 Å². The fourth-order valence-corrected chi connectivity index (χ4v) is 0.764. The number of hydrogen-bond acceptors (Lipinski definition) is 2. The number of rotatable bonds is 2. The van der Waals surface area contributed by atoms with Crippen LogP contribution in [0.25, 0.3) is 0 Å². The molecule has 4 heteroatoms. The van der Waals surface area contributed by atoms with Gasteiger partial charge in [-0.3, -0.25) is 4.98 Å². The van der Waals surface area contributed by atoms with Gasteiger partial charge in [-0.1, -0.05) is 0 Å². The summed E-state index contributed by atoms with van der Waals surface area (Å²) >= 11 is 0. The molecule has 1 rings (SSSR count). The molecule has 0 aliphatic carbocycles. The predicted molar refractivity (Wildman–Crippen MR) is 35.6 cm³/mol. The lowest BCUT2D eigenvalue weighted by Gasteiger charge is -1.98. The minimum atomic E-state index is -2.39. The molecule has 0 fully saturated rings. The Kier molecular flexibility index (Phi) is 2.36. The van der Waals surface area contributed by atoms with Crippen LogP contribution in [0.2, 0.25) is 0 Å². The van der Waals surface area contributed by atoms with Crippen molar-refractivity contribution in [3.8, 4) is 5.75 Å². The van der Waals surface area contributed by atoms with Crippen molar-refractivity contribution in [2.75, 3.05) is 0 Å². The second-order valence-corrected chi connectivity index (χ2v) is 2.15. The molecule has 0 aliphatic rings. The summed E-state index contributed by atoms with van der Waals surface area (Å²) in [5.41, 5.74) is 0.347. The van der Waals surface area contributed by atoms with Gasteiger partial charge in [0.25, 0.3) is 0 Å². The molecule has 60 valence electrons. The standard InChI is InChI=1S/C7H7F2NO/c8-7(9)2-5-1-6(11)4-10-3-5/h1,3-4,7,11H,2H2. The maximum absolute atomic E-state index is 11.7. The van der Waals surface area contributed by atoms with E-state index < -0.39 is 6.43 Å². The molecule has 0 radical (unpaired) electrons. The van der Waals surface area contributed by atoms with Crippen LogP contribution in [-0.2, 0) is 6.42 Å².